The highest BCUT2D eigenvalue weighted by molar-refractivity contribution is 5.34. The van der Waals surface area contributed by atoms with Gasteiger partial charge in [0.15, 0.2) is 0 Å². The first-order valence-electron chi connectivity index (χ1n) is 6.58. The van der Waals surface area contributed by atoms with Crippen molar-refractivity contribution in [3.63, 3.8) is 0 Å². The maximum atomic E-state index is 13.8. The first kappa shape index (κ1) is 15.0. The molecule has 0 aliphatic carbocycles. The molecule has 1 N–H and O–H groups in total. The molecule has 3 rings (SSSR count). The molecular formula is C15H12F3NO3. The zero-order valence-electron chi connectivity index (χ0n) is 11.3. The number of aliphatic hydroxyl groups is 1. The molecule has 0 spiro atoms. The van der Waals surface area contributed by atoms with Gasteiger partial charge >= 0.3 is 0 Å². The number of hydrogen-bond acceptors (Lipinski definition) is 4. The number of hydrogen-bond donors (Lipinski definition) is 1. The van der Waals surface area contributed by atoms with Crippen LogP contribution in [-0.4, -0.2) is 23.3 Å². The third-order valence-corrected chi connectivity index (χ3v) is 3.31. The summed E-state index contributed by atoms with van der Waals surface area (Å²) in [5.74, 6) is -2.24. The summed E-state index contributed by atoms with van der Waals surface area (Å²) >= 11 is 0. The molecule has 0 bridgehead atoms. The van der Waals surface area contributed by atoms with Crippen molar-refractivity contribution in [1.82, 2.24) is 4.98 Å². The van der Waals surface area contributed by atoms with E-state index in [0.717, 1.165) is 30.5 Å². The lowest BCUT2D eigenvalue weighted by Gasteiger charge is -2.18. The zero-order valence-corrected chi connectivity index (χ0v) is 11.3. The lowest BCUT2D eigenvalue weighted by molar-refractivity contribution is -0.0490. The van der Waals surface area contributed by atoms with E-state index in [1.54, 1.807) is 0 Å². The Bertz CT molecular complexity index is 690. The van der Waals surface area contributed by atoms with E-state index in [-0.39, 0.29) is 16.8 Å². The van der Waals surface area contributed by atoms with E-state index in [1.165, 1.54) is 0 Å². The molecule has 1 aromatic heterocycles. The third-order valence-electron chi connectivity index (χ3n) is 3.31. The summed E-state index contributed by atoms with van der Waals surface area (Å²) in [4.78, 5) is 3.86. The number of aliphatic hydroxyl groups excluding tert-OH is 1. The van der Waals surface area contributed by atoms with Crippen LogP contribution in [0.3, 0.4) is 0 Å². The molecule has 1 aromatic carbocycles. The van der Waals surface area contributed by atoms with Crippen molar-refractivity contribution in [3.8, 4) is 0 Å². The summed E-state index contributed by atoms with van der Waals surface area (Å²) in [6.45, 7) is 0.654. The molecule has 116 valence electrons. The molecule has 0 radical (unpaired) electrons. The van der Waals surface area contributed by atoms with Crippen LogP contribution in [-0.2, 0) is 9.47 Å². The standard InChI is InChI=1S/C15H12F3NO3/c16-8-1-2-12(18)10(5-8)14(20)11-6-9(17)7-19-13(11)15-21-3-4-22-15/h1-2,5-7,14-15,20H,3-4H2. The van der Waals surface area contributed by atoms with Gasteiger partial charge in [-0.2, -0.15) is 0 Å². The summed E-state index contributed by atoms with van der Waals surface area (Å²) in [6, 6.07) is 3.68. The van der Waals surface area contributed by atoms with Crippen molar-refractivity contribution in [2.24, 2.45) is 0 Å². The van der Waals surface area contributed by atoms with Gasteiger partial charge in [0, 0.05) is 11.1 Å². The van der Waals surface area contributed by atoms with Gasteiger partial charge in [-0.05, 0) is 24.3 Å². The van der Waals surface area contributed by atoms with E-state index in [9.17, 15) is 18.3 Å². The summed E-state index contributed by atoms with van der Waals surface area (Å²) in [6.07, 6.45) is -1.53. The second-order valence-corrected chi connectivity index (χ2v) is 4.77. The van der Waals surface area contributed by atoms with Gasteiger partial charge in [0.1, 0.15) is 29.2 Å². The van der Waals surface area contributed by atoms with Crippen molar-refractivity contribution < 1.29 is 27.8 Å². The molecule has 1 unspecified atom stereocenters. The third kappa shape index (κ3) is 2.83. The molecule has 7 heteroatoms. The summed E-state index contributed by atoms with van der Waals surface area (Å²) < 4.78 is 51.1. The van der Waals surface area contributed by atoms with Crippen LogP contribution in [0.15, 0.2) is 30.5 Å². The maximum absolute atomic E-state index is 13.8. The minimum Gasteiger partial charge on any atom is -0.383 e. The normalized spacial score (nSPS) is 16.9. The van der Waals surface area contributed by atoms with Crippen LogP contribution >= 0.6 is 0 Å². The highest BCUT2D eigenvalue weighted by Crippen LogP contribution is 2.32. The van der Waals surface area contributed by atoms with Gasteiger partial charge in [0.2, 0.25) is 6.29 Å². The molecule has 1 fully saturated rings. The number of pyridine rings is 1. The van der Waals surface area contributed by atoms with Crippen molar-refractivity contribution in [1.29, 1.82) is 0 Å². The first-order valence-corrected chi connectivity index (χ1v) is 6.58. The van der Waals surface area contributed by atoms with Crippen molar-refractivity contribution in [2.45, 2.75) is 12.4 Å². The average molecular weight is 311 g/mol. The van der Waals surface area contributed by atoms with Crippen LogP contribution < -0.4 is 0 Å². The van der Waals surface area contributed by atoms with Crippen molar-refractivity contribution >= 4 is 0 Å². The largest absolute Gasteiger partial charge is 0.383 e. The Morgan fingerprint density at radius 2 is 1.73 bits per heavy atom. The Hall–Kier alpha value is -1.96. The molecule has 1 atom stereocenters. The van der Waals surface area contributed by atoms with Gasteiger partial charge in [-0.3, -0.25) is 4.98 Å². The van der Waals surface area contributed by atoms with Crippen molar-refractivity contribution in [3.05, 3.63) is 64.7 Å². The minimum atomic E-state index is -1.60. The van der Waals surface area contributed by atoms with Crippen LogP contribution in [0.1, 0.15) is 29.2 Å². The van der Waals surface area contributed by atoms with E-state index < -0.39 is 29.8 Å². The predicted octanol–water partition coefficient (Wildman–Crippen LogP) is 2.63. The molecular weight excluding hydrogens is 299 g/mol. The van der Waals surface area contributed by atoms with Crippen LogP contribution in [0.4, 0.5) is 13.2 Å². The molecule has 2 heterocycles. The Balaban J connectivity index is 2.05. The van der Waals surface area contributed by atoms with E-state index in [2.05, 4.69) is 4.98 Å². The van der Waals surface area contributed by atoms with Crippen LogP contribution in [0.5, 0.6) is 0 Å². The lowest BCUT2D eigenvalue weighted by Crippen LogP contribution is -2.12. The fraction of sp³-hybridized carbons (Fsp3) is 0.267. The number of halogens is 3. The zero-order chi connectivity index (χ0) is 15.7. The van der Waals surface area contributed by atoms with Crippen LogP contribution in [0, 0.1) is 17.5 Å². The molecule has 0 amide bonds. The highest BCUT2D eigenvalue weighted by atomic mass is 19.1. The molecule has 1 saturated heterocycles. The topological polar surface area (TPSA) is 51.6 Å². The lowest BCUT2D eigenvalue weighted by atomic mass is 9.99. The van der Waals surface area contributed by atoms with E-state index in [4.69, 9.17) is 9.47 Å². The Kier molecular flexibility index (Phi) is 4.10. The van der Waals surface area contributed by atoms with Crippen LogP contribution in [0.2, 0.25) is 0 Å². The smallest absolute Gasteiger partial charge is 0.201 e. The molecule has 0 saturated carbocycles. The second-order valence-electron chi connectivity index (χ2n) is 4.77. The Labute approximate surface area is 124 Å². The van der Waals surface area contributed by atoms with Gasteiger partial charge in [-0.15, -0.1) is 0 Å². The van der Waals surface area contributed by atoms with E-state index in [1.807, 2.05) is 0 Å². The van der Waals surface area contributed by atoms with Crippen LogP contribution in [0.25, 0.3) is 0 Å². The minimum absolute atomic E-state index is 0.0311. The number of aromatic nitrogens is 1. The summed E-state index contributed by atoms with van der Waals surface area (Å²) in [5.41, 5.74) is -0.210. The van der Waals surface area contributed by atoms with E-state index in [0.29, 0.717) is 13.2 Å². The predicted molar refractivity (Wildman–Crippen MR) is 69.3 cm³/mol. The SMILES string of the molecule is OC(c1cc(F)ccc1F)c1cc(F)cnc1C1OCCO1. The van der Waals surface area contributed by atoms with Crippen molar-refractivity contribution in [2.75, 3.05) is 13.2 Å². The molecule has 4 nitrogen and oxygen atoms in total. The van der Waals surface area contributed by atoms with Gasteiger partial charge in [0.25, 0.3) is 0 Å². The first-order chi connectivity index (χ1) is 10.6. The monoisotopic (exact) mass is 311 g/mol. The fourth-order valence-corrected chi connectivity index (χ4v) is 2.29. The van der Waals surface area contributed by atoms with E-state index >= 15 is 0 Å². The molecule has 1 aliphatic rings. The summed E-state index contributed by atoms with van der Waals surface area (Å²) in [5, 5.41) is 10.3. The van der Waals surface area contributed by atoms with Gasteiger partial charge in [-0.1, -0.05) is 0 Å². The number of rotatable bonds is 3. The van der Waals surface area contributed by atoms with Gasteiger partial charge in [0.05, 0.1) is 19.4 Å². The second kappa shape index (κ2) is 6.04. The molecule has 22 heavy (non-hydrogen) atoms. The number of ether oxygens (including phenoxy) is 2. The highest BCUT2D eigenvalue weighted by Gasteiger charge is 2.28. The fourth-order valence-electron chi connectivity index (χ4n) is 2.29. The van der Waals surface area contributed by atoms with Gasteiger partial charge in [-0.25, -0.2) is 13.2 Å². The quantitative estimate of drug-likeness (QED) is 0.947. The molecule has 2 aromatic rings. The number of nitrogens with zero attached hydrogens (tertiary/aromatic N) is 1. The maximum Gasteiger partial charge on any atom is 0.201 e. The molecule has 1 aliphatic heterocycles. The Morgan fingerprint density at radius 1 is 1.05 bits per heavy atom. The Morgan fingerprint density at radius 3 is 2.45 bits per heavy atom. The average Bonchev–Trinajstić information content (AvgIpc) is 3.03. The summed E-state index contributed by atoms with van der Waals surface area (Å²) in [7, 11) is 0. The van der Waals surface area contributed by atoms with Gasteiger partial charge < -0.3 is 14.6 Å². The number of benzene rings is 1.